The van der Waals surface area contributed by atoms with Crippen molar-refractivity contribution in [2.24, 2.45) is 5.92 Å². The zero-order chi connectivity index (χ0) is 14.4. The lowest BCUT2D eigenvalue weighted by Gasteiger charge is -2.32. The number of amides is 2. The molecule has 0 aromatic heterocycles. The van der Waals surface area contributed by atoms with Crippen LogP contribution in [-0.2, 0) is 9.53 Å². The van der Waals surface area contributed by atoms with E-state index in [2.05, 4.69) is 10.6 Å². The number of hydrogen-bond donors (Lipinski definition) is 2. The van der Waals surface area contributed by atoms with Crippen LogP contribution in [0.4, 0.5) is 4.79 Å². The van der Waals surface area contributed by atoms with Crippen LogP contribution in [-0.4, -0.2) is 55.7 Å². The molecule has 0 saturated carbocycles. The summed E-state index contributed by atoms with van der Waals surface area (Å²) in [6.45, 7) is 5.40. The largest absolute Gasteiger partial charge is 0.450 e. The van der Waals surface area contributed by atoms with E-state index < -0.39 is 0 Å². The molecule has 2 rings (SSSR count). The number of rotatable bonds is 3. The van der Waals surface area contributed by atoms with Gasteiger partial charge in [-0.1, -0.05) is 0 Å². The summed E-state index contributed by atoms with van der Waals surface area (Å²) in [6.07, 6.45) is 3.24. The lowest BCUT2D eigenvalue weighted by atomic mass is 9.96. The Morgan fingerprint density at radius 1 is 1.20 bits per heavy atom. The Morgan fingerprint density at radius 3 is 2.45 bits per heavy atom. The maximum absolute atomic E-state index is 12.1. The highest BCUT2D eigenvalue weighted by Crippen LogP contribution is 2.15. The van der Waals surface area contributed by atoms with Crippen molar-refractivity contribution in [2.45, 2.75) is 38.6 Å². The number of carbonyl (C=O) groups is 2. The summed E-state index contributed by atoms with van der Waals surface area (Å²) in [5, 5.41) is 6.40. The second kappa shape index (κ2) is 7.47. The standard InChI is InChI=1S/C14H25N3O3/c1-2-20-14(19)17-9-5-12(6-10-17)16-13(18)11-3-7-15-8-4-11/h11-12,15H,2-10H2,1H3,(H,16,18). The Balaban J connectivity index is 1.71. The van der Waals surface area contributed by atoms with Crippen molar-refractivity contribution in [3.8, 4) is 0 Å². The first-order valence-electron chi connectivity index (χ1n) is 7.63. The van der Waals surface area contributed by atoms with Crippen molar-refractivity contribution in [1.29, 1.82) is 0 Å². The SMILES string of the molecule is CCOC(=O)N1CCC(NC(=O)C2CCNCC2)CC1. The molecule has 0 atom stereocenters. The van der Waals surface area contributed by atoms with Gasteiger partial charge in [-0.2, -0.15) is 0 Å². The molecular formula is C14H25N3O3. The van der Waals surface area contributed by atoms with Crippen molar-refractivity contribution in [3.63, 3.8) is 0 Å². The average molecular weight is 283 g/mol. The van der Waals surface area contributed by atoms with Gasteiger partial charge < -0.3 is 20.3 Å². The van der Waals surface area contributed by atoms with Gasteiger partial charge in [-0.15, -0.1) is 0 Å². The van der Waals surface area contributed by atoms with E-state index in [4.69, 9.17) is 4.74 Å². The van der Waals surface area contributed by atoms with Crippen LogP contribution in [0.1, 0.15) is 32.6 Å². The fraction of sp³-hybridized carbons (Fsp3) is 0.857. The second-order valence-corrected chi connectivity index (χ2v) is 5.49. The van der Waals surface area contributed by atoms with Crippen LogP contribution in [0.2, 0.25) is 0 Å². The summed E-state index contributed by atoms with van der Waals surface area (Å²) in [5.74, 6) is 0.334. The summed E-state index contributed by atoms with van der Waals surface area (Å²) < 4.78 is 4.99. The predicted octanol–water partition coefficient (Wildman–Crippen LogP) is 0.723. The number of ether oxygens (including phenoxy) is 1. The number of likely N-dealkylation sites (tertiary alicyclic amines) is 1. The van der Waals surface area contributed by atoms with Crippen molar-refractivity contribution in [3.05, 3.63) is 0 Å². The third-order valence-electron chi connectivity index (χ3n) is 4.08. The Kier molecular flexibility index (Phi) is 5.64. The van der Waals surface area contributed by atoms with Gasteiger partial charge in [0.05, 0.1) is 6.61 Å². The second-order valence-electron chi connectivity index (χ2n) is 5.49. The number of hydrogen-bond acceptors (Lipinski definition) is 4. The first-order chi connectivity index (χ1) is 9.70. The normalized spacial score (nSPS) is 21.6. The Hall–Kier alpha value is -1.30. The van der Waals surface area contributed by atoms with Gasteiger partial charge in [0.15, 0.2) is 0 Å². The van der Waals surface area contributed by atoms with Crippen molar-refractivity contribution >= 4 is 12.0 Å². The molecular weight excluding hydrogens is 258 g/mol. The molecule has 0 aromatic rings. The molecule has 6 nitrogen and oxygen atoms in total. The lowest BCUT2D eigenvalue weighted by Crippen LogP contribution is -2.49. The number of carbonyl (C=O) groups excluding carboxylic acids is 2. The fourth-order valence-electron chi connectivity index (χ4n) is 2.82. The molecule has 0 aliphatic carbocycles. The van der Waals surface area contributed by atoms with Gasteiger partial charge in [0.25, 0.3) is 0 Å². The molecule has 20 heavy (non-hydrogen) atoms. The summed E-state index contributed by atoms with van der Waals surface area (Å²) in [6, 6.07) is 0.197. The first kappa shape index (κ1) is 15.1. The fourth-order valence-corrected chi connectivity index (χ4v) is 2.82. The third-order valence-corrected chi connectivity index (χ3v) is 4.08. The molecule has 2 aliphatic rings. The van der Waals surface area contributed by atoms with Crippen LogP contribution in [0, 0.1) is 5.92 Å². The predicted molar refractivity (Wildman–Crippen MR) is 75.4 cm³/mol. The molecule has 2 heterocycles. The highest BCUT2D eigenvalue weighted by atomic mass is 16.6. The van der Waals surface area contributed by atoms with E-state index in [9.17, 15) is 9.59 Å². The average Bonchev–Trinajstić information content (AvgIpc) is 2.49. The Labute approximate surface area is 120 Å². The number of piperidine rings is 2. The van der Waals surface area contributed by atoms with Gasteiger partial charge in [0.2, 0.25) is 5.91 Å². The van der Waals surface area contributed by atoms with Crippen LogP contribution >= 0.6 is 0 Å². The summed E-state index contributed by atoms with van der Waals surface area (Å²) in [4.78, 5) is 25.4. The van der Waals surface area contributed by atoms with Crippen LogP contribution in [0.5, 0.6) is 0 Å². The molecule has 2 saturated heterocycles. The maximum atomic E-state index is 12.1. The van der Waals surface area contributed by atoms with Crippen LogP contribution in [0.25, 0.3) is 0 Å². The van der Waals surface area contributed by atoms with Crippen LogP contribution < -0.4 is 10.6 Å². The number of nitrogens with zero attached hydrogens (tertiary/aromatic N) is 1. The monoisotopic (exact) mass is 283 g/mol. The van der Waals surface area contributed by atoms with Gasteiger partial charge in [-0.25, -0.2) is 4.79 Å². The van der Waals surface area contributed by atoms with E-state index in [1.165, 1.54) is 0 Å². The summed E-state index contributed by atoms with van der Waals surface area (Å²) in [5.41, 5.74) is 0. The lowest BCUT2D eigenvalue weighted by molar-refractivity contribution is -0.126. The highest BCUT2D eigenvalue weighted by Gasteiger charge is 2.27. The molecule has 0 radical (unpaired) electrons. The van der Waals surface area contributed by atoms with Crippen LogP contribution in [0.3, 0.4) is 0 Å². The van der Waals surface area contributed by atoms with Gasteiger partial charge in [0.1, 0.15) is 0 Å². The molecule has 2 N–H and O–H groups in total. The van der Waals surface area contributed by atoms with Crippen molar-refractivity contribution < 1.29 is 14.3 Å². The van der Waals surface area contributed by atoms with E-state index >= 15 is 0 Å². The minimum atomic E-state index is -0.240. The topological polar surface area (TPSA) is 70.7 Å². The third kappa shape index (κ3) is 4.10. The van der Waals surface area contributed by atoms with E-state index in [0.717, 1.165) is 38.8 Å². The van der Waals surface area contributed by atoms with Gasteiger partial charge >= 0.3 is 6.09 Å². The molecule has 0 aromatic carbocycles. The highest BCUT2D eigenvalue weighted by molar-refractivity contribution is 5.79. The number of nitrogens with one attached hydrogen (secondary N) is 2. The maximum Gasteiger partial charge on any atom is 0.409 e. The summed E-state index contributed by atoms with van der Waals surface area (Å²) >= 11 is 0. The Morgan fingerprint density at radius 2 is 1.85 bits per heavy atom. The van der Waals surface area contributed by atoms with E-state index in [1.807, 2.05) is 6.92 Å². The molecule has 2 amide bonds. The quantitative estimate of drug-likeness (QED) is 0.801. The Bertz CT molecular complexity index is 335. The molecule has 6 heteroatoms. The van der Waals surface area contributed by atoms with E-state index in [-0.39, 0.29) is 24.0 Å². The molecule has 2 fully saturated rings. The van der Waals surface area contributed by atoms with Gasteiger partial charge in [-0.05, 0) is 45.7 Å². The van der Waals surface area contributed by atoms with Crippen molar-refractivity contribution in [1.82, 2.24) is 15.5 Å². The molecule has 0 spiro atoms. The molecule has 114 valence electrons. The zero-order valence-corrected chi connectivity index (χ0v) is 12.2. The zero-order valence-electron chi connectivity index (χ0n) is 12.2. The van der Waals surface area contributed by atoms with Gasteiger partial charge in [0, 0.05) is 25.0 Å². The summed E-state index contributed by atoms with van der Waals surface area (Å²) in [7, 11) is 0. The minimum Gasteiger partial charge on any atom is -0.450 e. The molecule has 0 bridgehead atoms. The van der Waals surface area contributed by atoms with Gasteiger partial charge in [-0.3, -0.25) is 4.79 Å². The molecule has 2 aliphatic heterocycles. The van der Waals surface area contributed by atoms with E-state index in [1.54, 1.807) is 4.90 Å². The smallest absolute Gasteiger partial charge is 0.409 e. The van der Waals surface area contributed by atoms with E-state index in [0.29, 0.717) is 19.7 Å². The van der Waals surface area contributed by atoms with Crippen molar-refractivity contribution in [2.75, 3.05) is 32.8 Å². The first-order valence-corrected chi connectivity index (χ1v) is 7.63. The minimum absolute atomic E-state index is 0.152. The molecule has 0 unspecified atom stereocenters. The van der Waals surface area contributed by atoms with Crippen LogP contribution in [0.15, 0.2) is 0 Å².